The van der Waals surface area contributed by atoms with Gasteiger partial charge >= 0.3 is 23.8 Å². The molecule has 0 N–H and O–H groups in total. The van der Waals surface area contributed by atoms with Gasteiger partial charge in [-0.15, -0.1) is 0 Å². The van der Waals surface area contributed by atoms with Crippen molar-refractivity contribution in [3.8, 4) is 0 Å². The number of alkyl halides is 4. The Morgan fingerprint density at radius 1 is 0.909 bits per heavy atom. The van der Waals surface area contributed by atoms with Crippen LogP contribution >= 0.6 is 0 Å². The second kappa shape index (κ2) is 7.75. The first-order chi connectivity index (χ1) is 9.77. The molecule has 0 aliphatic carbocycles. The van der Waals surface area contributed by atoms with Gasteiger partial charge in [-0.1, -0.05) is 0 Å². The molecule has 0 aliphatic rings. The number of halogens is 4. The second-order valence-electron chi connectivity index (χ2n) is 5.69. The van der Waals surface area contributed by atoms with E-state index in [0.717, 1.165) is 0 Å². The molecule has 0 unspecified atom stereocenters. The Balaban J connectivity index is 3.87. The van der Waals surface area contributed by atoms with Crippen LogP contribution in [0.25, 0.3) is 0 Å². The molecule has 22 heavy (non-hydrogen) atoms. The number of ether oxygens (including phenoxy) is 3. The van der Waals surface area contributed by atoms with E-state index in [1.807, 2.05) is 0 Å². The van der Waals surface area contributed by atoms with Gasteiger partial charge in [0.05, 0.1) is 12.0 Å². The summed E-state index contributed by atoms with van der Waals surface area (Å²) in [7, 11) is 0. The van der Waals surface area contributed by atoms with E-state index in [9.17, 15) is 27.2 Å². The summed E-state index contributed by atoms with van der Waals surface area (Å²) in [5.41, 5.74) is -0.685. The summed E-state index contributed by atoms with van der Waals surface area (Å²) < 4.78 is 64.1. The molecule has 0 spiro atoms. The average molecular weight is 332 g/mol. The number of hydrogen-bond donors (Lipinski definition) is 0. The van der Waals surface area contributed by atoms with E-state index >= 15 is 0 Å². The van der Waals surface area contributed by atoms with Crippen LogP contribution in [0.1, 0.15) is 27.7 Å². The Morgan fingerprint density at radius 3 is 1.91 bits per heavy atom. The molecule has 0 rings (SSSR count). The highest BCUT2D eigenvalue weighted by atomic mass is 19.3. The standard InChI is InChI=1S/C13H20F4O5/c1-11(2,3)10(19)21-6-5-20-7-9(18)22-8-13(16,17)12(4,14)15/h5-8H2,1-4H3. The van der Waals surface area contributed by atoms with E-state index < -0.39 is 42.4 Å². The molecule has 0 aromatic carbocycles. The number of esters is 2. The summed E-state index contributed by atoms with van der Waals surface area (Å²) in [4.78, 5) is 22.4. The maximum Gasteiger partial charge on any atom is 0.343 e. The van der Waals surface area contributed by atoms with Crippen LogP contribution in [0.3, 0.4) is 0 Å². The van der Waals surface area contributed by atoms with Crippen molar-refractivity contribution in [2.45, 2.75) is 39.5 Å². The van der Waals surface area contributed by atoms with Gasteiger partial charge in [0.2, 0.25) is 0 Å². The molecule has 0 saturated carbocycles. The highest BCUT2D eigenvalue weighted by Crippen LogP contribution is 2.33. The smallest absolute Gasteiger partial charge is 0.343 e. The van der Waals surface area contributed by atoms with E-state index in [2.05, 4.69) is 4.74 Å². The molecular weight excluding hydrogens is 312 g/mol. The summed E-state index contributed by atoms with van der Waals surface area (Å²) >= 11 is 0. The van der Waals surface area contributed by atoms with Crippen LogP contribution in [0.2, 0.25) is 0 Å². The largest absolute Gasteiger partial charge is 0.463 e. The maximum atomic E-state index is 12.8. The molecule has 0 aliphatic heterocycles. The molecule has 5 nitrogen and oxygen atoms in total. The lowest BCUT2D eigenvalue weighted by molar-refractivity contribution is -0.223. The third-order valence-electron chi connectivity index (χ3n) is 2.35. The Bertz CT molecular complexity index is 385. The van der Waals surface area contributed by atoms with E-state index in [0.29, 0.717) is 0 Å². The number of rotatable bonds is 8. The molecule has 9 heteroatoms. The number of hydrogen-bond acceptors (Lipinski definition) is 5. The lowest BCUT2D eigenvalue weighted by Crippen LogP contribution is -2.42. The van der Waals surface area contributed by atoms with Gasteiger partial charge < -0.3 is 14.2 Å². The minimum absolute atomic E-state index is 0.0287. The van der Waals surface area contributed by atoms with Crippen molar-refractivity contribution in [3.63, 3.8) is 0 Å². The third-order valence-corrected chi connectivity index (χ3v) is 2.35. The first-order valence-electron chi connectivity index (χ1n) is 6.43. The fourth-order valence-corrected chi connectivity index (χ4v) is 0.905. The molecule has 0 saturated heterocycles. The van der Waals surface area contributed by atoms with Crippen molar-refractivity contribution in [3.05, 3.63) is 0 Å². The van der Waals surface area contributed by atoms with Crippen LogP contribution in [0, 0.1) is 5.41 Å². The van der Waals surface area contributed by atoms with E-state index in [1.165, 1.54) is 0 Å². The van der Waals surface area contributed by atoms with Crippen molar-refractivity contribution >= 4 is 11.9 Å². The van der Waals surface area contributed by atoms with Crippen molar-refractivity contribution in [2.75, 3.05) is 26.4 Å². The number of carbonyl (C=O) groups excluding carboxylic acids is 2. The summed E-state index contributed by atoms with van der Waals surface area (Å²) in [6.45, 7) is 2.24. The average Bonchev–Trinajstić information content (AvgIpc) is 2.33. The summed E-state index contributed by atoms with van der Waals surface area (Å²) in [6.07, 6.45) is 0. The first kappa shape index (κ1) is 20.6. The lowest BCUT2D eigenvalue weighted by atomic mass is 9.97. The van der Waals surface area contributed by atoms with Crippen LogP contribution in [-0.2, 0) is 23.8 Å². The fraction of sp³-hybridized carbons (Fsp3) is 0.846. The predicted octanol–water partition coefficient (Wildman–Crippen LogP) is 2.43. The van der Waals surface area contributed by atoms with E-state index in [4.69, 9.17) is 9.47 Å². The molecule has 0 aromatic heterocycles. The normalized spacial score (nSPS) is 12.9. The van der Waals surface area contributed by atoms with E-state index in [-0.39, 0.29) is 20.1 Å². The third kappa shape index (κ3) is 7.58. The van der Waals surface area contributed by atoms with Crippen molar-refractivity contribution in [2.24, 2.45) is 5.41 Å². The van der Waals surface area contributed by atoms with Crippen molar-refractivity contribution < 1.29 is 41.4 Å². The Labute approximate surface area is 125 Å². The topological polar surface area (TPSA) is 61.8 Å². The molecule has 0 amide bonds. The van der Waals surface area contributed by atoms with Gasteiger partial charge in [-0.25, -0.2) is 13.6 Å². The Morgan fingerprint density at radius 2 is 1.45 bits per heavy atom. The Hall–Kier alpha value is -1.38. The van der Waals surface area contributed by atoms with Gasteiger partial charge in [0.25, 0.3) is 0 Å². The number of carbonyl (C=O) groups is 2. The SMILES string of the molecule is CC(C)(C)C(=O)OCCOCC(=O)OCC(F)(F)C(C)(F)F. The molecular formula is C13H20F4O5. The molecule has 0 radical (unpaired) electrons. The van der Waals surface area contributed by atoms with Crippen LogP contribution in [0.5, 0.6) is 0 Å². The fourth-order valence-electron chi connectivity index (χ4n) is 0.905. The lowest BCUT2D eigenvalue weighted by Gasteiger charge is -2.22. The van der Waals surface area contributed by atoms with Gasteiger partial charge in [0.1, 0.15) is 13.2 Å². The summed E-state index contributed by atoms with van der Waals surface area (Å²) in [5, 5.41) is 0. The molecule has 130 valence electrons. The van der Waals surface area contributed by atoms with Gasteiger partial charge in [-0.3, -0.25) is 4.79 Å². The molecule has 0 atom stereocenters. The Kier molecular flexibility index (Phi) is 7.27. The minimum atomic E-state index is -4.45. The van der Waals surface area contributed by atoms with Gasteiger partial charge in [-0.05, 0) is 20.8 Å². The monoisotopic (exact) mass is 332 g/mol. The van der Waals surface area contributed by atoms with Gasteiger partial charge in [0, 0.05) is 6.92 Å². The first-order valence-corrected chi connectivity index (χ1v) is 6.43. The predicted molar refractivity (Wildman–Crippen MR) is 67.8 cm³/mol. The zero-order chi connectivity index (χ0) is 17.6. The summed E-state index contributed by atoms with van der Waals surface area (Å²) in [5.74, 6) is -10.4. The molecule has 0 heterocycles. The zero-order valence-corrected chi connectivity index (χ0v) is 12.9. The van der Waals surface area contributed by atoms with Crippen LogP contribution in [-0.4, -0.2) is 50.2 Å². The van der Waals surface area contributed by atoms with Crippen molar-refractivity contribution in [1.82, 2.24) is 0 Å². The van der Waals surface area contributed by atoms with Gasteiger partial charge in [0.15, 0.2) is 6.61 Å². The molecule has 0 aromatic rings. The minimum Gasteiger partial charge on any atom is -0.463 e. The van der Waals surface area contributed by atoms with Crippen LogP contribution in [0.4, 0.5) is 17.6 Å². The highest BCUT2D eigenvalue weighted by molar-refractivity contribution is 5.75. The maximum absolute atomic E-state index is 12.8. The van der Waals surface area contributed by atoms with Gasteiger partial charge in [-0.2, -0.15) is 8.78 Å². The molecule has 0 fully saturated rings. The van der Waals surface area contributed by atoms with E-state index in [1.54, 1.807) is 20.8 Å². The molecule has 0 bridgehead atoms. The summed E-state index contributed by atoms with van der Waals surface area (Å²) in [6, 6.07) is 0. The van der Waals surface area contributed by atoms with Crippen LogP contribution < -0.4 is 0 Å². The second-order valence-corrected chi connectivity index (χ2v) is 5.69. The highest BCUT2D eigenvalue weighted by Gasteiger charge is 2.53. The van der Waals surface area contributed by atoms with Crippen molar-refractivity contribution in [1.29, 1.82) is 0 Å². The zero-order valence-electron chi connectivity index (χ0n) is 12.9. The quantitative estimate of drug-likeness (QED) is 0.388. The van der Waals surface area contributed by atoms with Crippen LogP contribution in [0.15, 0.2) is 0 Å².